The Hall–Kier alpha value is -2.32. The summed E-state index contributed by atoms with van der Waals surface area (Å²) in [5.74, 6) is -0.986. The lowest BCUT2D eigenvalue weighted by Gasteiger charge is -2.41. The van der Waals surface area contributed by atoms with Crippen LogP contribution in [0.25, 0.3) is 0 Å². The minimum absolute atomic E-state index is 0.793. The molecule has 0 radical (unpaired) electrons. The zero-order valence-electron chi connectivity index (χ0n) is 18.2. The summed E-state index contributed by atoms with van der Waals surface area (Å²) in [5, 5.41) is 14.8. The molecule has 1 aromatic rings. The summed E-state index contributed by atoms with van der Waals surface area (Å²) in [6, 6.07) is 6.94. The Labute approximate surface area is 178 Å². The van der Waals surface area contributed by atoms with Crippen molar-refractivity contribution < 1.29 is 29.3 Å². The summed E-state index contributed by atoms with van der Waals surface area (Å²) >= 11 is 0. The fourth-order valence-corrected chi connectivity index (χ4v) is 4.22. The summed E-state index contributed by atoms with van der Waals surface area (Å²) < 4.78 is 10.8. The van der Waals surface area contributed by atoms with Gasteiger partial charge in [-0.15, -0.1) is 0 Å². The molecule has 2 heterocycles. The Kier molecular flexibility index (Phi) is 9.39. The summed E-state index contributed by atoms with van der Waals surface area (Å²) in [7, 11) is 3.43. The molecule has 2 fully saturated rings. The van der Waals surface area contributed by atoms with Crippen molar-refractivity contribution in [2.45, 2.75) is 45.2 Å². The van der Waals surface area contributed by atoms with Crippen LogP contribution < -0.4 is 9.47 Å². The maximum atomic E-state index is 9.10. The molecule has 0 amide bonds. The molecule has 1 aromatic carbocycles. The Balaban J connectivity index is 0.000000469. The number of likely N-dealkylation sites (tertiary alicyclic amines) is 2. The normalized spacial score (nSPS) is 20.7. The molecular formula is C22H34N2O6. The van der Waals surface area contributed by atoms with Gasteiger partial charge in [-0.25, -0.2) is 9.59 Å². The number of piperidine rings is 2. The molecule has 8 heteroatoms. The van der Waals surface area contributed by atoms with Gasteiger partial charge in [0.2, 0.25) is 0 Å². The van der Waals surface area contributed by atoms with Crippen LogP contribution in [0.15, 0.2) is 18.2 Å². The third-order valence-electron chi connectivity index (χ3n) is 5.83. The first-order valence-electron chi connectivity index (χ1n) is 10.5. The molecule has 2 N–H and O–H groups in total. The number of carboxylic acids is 2. The van der Waals surface area contributed by atoms with Gasteiger partial charge in [-0.05, 0) is 57.3 Å². The highest BCUT2D eigenvalue weighted by Gasteiger charge is 2.27. The fourth-order valence-electron chi connectivity index (χ4n) is 4.22. The number of nitrogens with zero attached hydrogens (tertiary/aromatic N) is 2. The van der Waals surface area contributed by atoms with Crippen molar-refractivity contribution in [3.8, 4) is 11.5 Å². The number of hydrogen-bond acceptors (Lipinski definition) is 6. The number of carboxylic acid groups (broad SMARTS) is 2. The second-order valence-corrected chi connectivity index (χ2v) is 8.04. The molecule has 2 aliphatic heterocycles. The van der Waals surface area contributed by atoms with Crippen molar-refractivity contribution in [2.24, 2.45) is 5.92 Å². The molecule has 3 rings (SSSR count). The lowest BCUT2D eigenvalue weighted by atomic mass is 9.95. The van der Waals surface area contributed by atoms with Crippen LogP contribution in [0.4, 0.5) is 0 Å². The predicted octanol–water partition coefficient (Wildman–Crippen LogP) is 2.56. The van der Waals surface area contributed by atoms with E-state index in [4.69, 9.17) is 29.3 Å². The first-order chi connectivity index (χ1) is 14.3. The van der Waals surface area contributed by atoms with Crippen LogP contribution in [-0.2, 0) is 16.1 Å². The van der Waals surface area contributed by atoms with Gasteiger partial charge in [-0.1, -0.05) is 13.0 Å². The largest absolute Gasteiger partial charge is 0.497 e. The Morgan fingerprint density at radius 2 is 1.70 bits per heavy atom. The van der Waals surface area contributed by atoms with Crippen LogP contribution in [0, 0.1) is 5.92 Å². The summed E-state index contributed by atoms with van der Waals surface area (Å²) in [4.78, 5) is 23.5. The number of ether oxygens (including phenoxy) is 2. The second-order valence-electron chi connectivity index (χ2n) is 8.04. The van der Waals surface area contributed by atoms with E-state index in [0.29, 0.717) is 0 Å². The van der Waals surface area contributed by atoms with E-state index < -0.39 is 11.9 Å². The Morgan fingerprint density at radius 3 is 2.23 bits per heavy atom. The molecule has 0 aromatic heterocycles. The van der Waals surface area contributed by atoms with Crippen LogP contribution >= 0.6 is 0 Å². The van der Waals surface area contributed by atoms with Crippen molar-refractivity contribution in [2.75, 3.05) is 40.4 Å². The molecule has 2 saturated heterocycles. The van der Waals surface area contributed by atoms with E-state index in [0.717, 1.165) is 30.0 Å². The lowest BCUT2D eigenvalue weighted by molar-refractivity contribution is -0.159. The van der Waals surface area contributed by atoms with E-state index in [1.165, 1.54) is 57.4 Å². The van der Waals surface area contributed by atoms with Crippen LogP contribution in [0.1, 0.15) is 38.2 Å². The average molecular weight is 423 g/mol. The third kappa shape index (κ3) is 7.18. The number of methoxy groups -OCH3 is 2. The van der Waals surface area contributed by atoms with E-state index >= 15 is 0 Å². The van der Waals surface area contributed by atoms with Gasteiger partial charge in [0, 0.05) is 30.8 Å². The van der Waals surface area contributed by atoms with Gasteiger partial charge in [0.15, 0.2) is 0 Å². The molecule has 30 heavy (non-hydrogen) atoms. The number of benzene rings is 1. The lowest BCUT2D eigenvalue weighted by Crippen LogP contribution is -2.47. The Morgan fingerprint density at radius 1 is 1.03 bits per heavy atom. The van der Waals surface area contributed by atoms with Crippen molar-refractivity contribution in [1.82, 2.24) is 9.80 Å². The fraction of sp³-hybridized carbons (Fsp3) is 0.636. The SMILES string of the molecule is COc1ccc(CN2CCC(N3CCCC(C)C3)CC2)c(OC)c1.O=C(O)C(=O)O. The van der Waals surface area contributed by atoms with E-state index in [1.54, 1.807) is 14.2 Å². The molecule has 0 saturated carbocycles. The minimum Gasteiger partial charge on any atom is -0.497 e. The van der Waals surface area contributed by atoms with Crippen molar-refractivity contribution in [3.05, 3.63) is 23.8 Å². The van der Waals surface area contributed by atoms with Crippen LogP contribution in [0.5, 0.6) is 11.5 Å². The molecule has 0 aliphatic carbocycles. The van der Waals surface area contributed by atoms with Crippen molar-refractivity contribution >= 4 is 11.9 Å². The third-order valence-corrected chi connectivity index (χ3v) is 5.83. The summed E-state index contributed by atoms with van der Waals surface area (Å²) in [6.45, 7) is 8.35. The topological polar surface area (TPSA) is 99.5 Å². The molecule has 0 bridgehead atoms. The maximum Gasteiger partial charge on any atom is 0.414 e. The first kappa shape index (κ1) is 24.0. The number of aliphatic carboxylic acids is 2. The van der Waals surface area contributed by atoms with Crippen molar-refractivity contribution in [3.63, 3.8) is 0 Å². The van der Waals surface area contributed by atoms with Gasteiger partial charge in [0.1, 0.15) is 11.5 Å². The second kappa shape index (κ2) is 11.8. The minimum atomic E-state index is -1.82. The molecule has 8 nitrogen and oxygen atoms in total. The summed E-state index contributed by atoms with van der Waals surface area (Å²) in [5.41, 5.74) is 1.25. The molecule has 2 aliphatic rings. The molecular weight excluding hydrogens is 388 g/mol. The number of carbonyl (C=O) groups is 2. The maximum absolute atomic E-state index is 9.10. The average Bonchev–Trinajstić information content (AvgIpc) is 2.75. The predicted molar refractivity (Wildman–Crippen MR) is 113 cm³/mol. The number of rotatable bonds is 5. The molecule has 168 valence electrons. The van der Waals surface area contributed by atoms with Gasteiger partial charge in [0.05, 0.1) is 14.2 Å². The number of hydrogen-bond donors (Lipinski definition) is 2. The first-order valence-corrected chi connectivity index (χ1v) is 10.5. The molecule has 1 atom stereocenters. The van der Waals surface area contributed by atoms with E-state index in [2.05, 4.69) is 22.8 Å². The van der Waals surface area contributed by atoms with E-state index in [9.17, 15) is 0 Å². The van der Waals surface area contributed by atoms with Gasteiger partial charge in [0.25, 0.3) is 0 Å². The van der Waals surface area contributed by atoms with Crippen LogP contribution in [0.3, 0.4) is 0 Å². The standard InChI is InChI=1S/C20H32N2O2.C2H2O4/c1-16-5-4-10-22(14-16)18-8-11-21(12-9-18)15-17-6-7-19(23-2)13-20(17)24-3;3-1(4)2(5)6/h6-7,13,16,18H,4-5,8-12,14-15H2,1-3H3;(H,3,4)(H,5,6). The highest BCUT2D eigenvalue weighted by Crippen LogP contribution is 2.28. The van der Waals surface area contributed by atoms with E-state index in [-0.39, 0.29) is 0 Å². The summed E-state index contributed by atoms with van der Waals surface area (Å²) in [6.07, 6.45) is 5.38. The highest BCUT2D eigenvalue weighted by molar-refractivity contribution is 6.27. The van der Waals surface area contributed by atoms with Crippen LogP contribution in [0.2, 0.25) is 0 Å². The molecule has 0 spiro atoms. The smallest absolute Gasteiger partial charge is 0.414 e. The zero-order chi connectivity index (χ0) is 22.1. The van der Waals surface area contributed by atoms with Gasteiger partial charge in [-0.2, -0.15) is 0 Å². The quantitative estimate of drug-likeness (QED) is 0.699. The van der Waals surface area contributed by atoms with Gasteiger partial charge < -0.3 is 24.6 Å². The van der Waals surface area contributed by atoms with Crippen molar-refractivity contribution in [1.29, 1.82) is 0 Å². The monoisotopic (exact) mass is 422 g/mol. The van der Waals surface area contributed by atoms with Gasteiger partial charge >= 0.3 is 11.9 Å². The van der Waals surface area contributed by atoms with Crippen LogP contribution in [-0.4, -0.2) is 78.4 Å². The Bertz CT molecular complexity index is 691. The zero-order valence-corrected chi connectivity index (χ0v) is 18.2. The molecule has 1 unspecified atom stereocenters. The van der Waals surface area contributed by atoms with E-state index in [1.807, 2.05) is 12.1 Å². The van der Waals surface area contributed by atoms with Gasteiger partial charge in [-0.3, -0.25) is 4.90 Å². The highest BCUT2D eigenvalue weighted by atomic mass is 16.5.